The second-order valence-corrected chi connectivity index (χ2v) is 7.08. The number of unbranched alkanes of at least 4 members (excludes halogenated alkanes) is 8. The van der Waals surface area contributed by atoms with Crippen LogP contribution in [-0.2, 0) is 9.47 Å². The Labute approximate surface area is 135 Å². The highest BCUT2D eigenvalue weighted by Crippen LogP contribution is 2.25. The molecule has 4 heteroatoms. The first-order valence-corrected chi connectivity index (χ1v) is 9.35. The monoisotopic (exact) mass is 314 g/mol. The zero-order valence-electron chi connectivity index (χ0n) is 13.9. The standard InChI is InChI=1S/C18H34O4/c19-18(20)15(12-17-14-22-17)10-8-6-4-2-1-3-5-7-9-11-16-13-21-16/h15-20H,1-14H2. The summed E-state index contributed by atoms with van der Waals surface area (Å²) in [4.78, 5) is 0. The van der Waals surface area contributed by atoms with Crippen LogP contribution in [0.2, 0.25) is 0 Å². The first-order chi connectivity index (χ1) is 10.8. The number of aliphatic hydroxyl groups is 2. The largest absolute Gasteiger partial charge is 0.373 e. The summed E-state index contributed by atoms with van der Waals surface area (Å²) in [5.74, 6) is 0.00273. The quantitative estimate of drug-likeness (QED) is 0.276. The van der Waals surface area contributed by atoms with E-state index in [0.29, 0.717) is 12.2 Å². The smallest absolute Gasteiger partial charge is 0.154 e. The van der Waals surface area contributed by atoms with E-state index in [1.54, 1.807) is 0 Å². The van der Waals surface area contributed by atoms with Gasteiger partial charge in [-0.15, -0.1) is 0 Å². The van der Waals surface area contributed by atoms with Gasteiger partial charge in [0, 0.05) is 5.92 Å². The number of hydrogen-bond acceptors (Lipinski definition) is 4. The Morgan fingerprint density at radius 2 is 1.23 bits per heavy atom. The Kier molecular flexibility index (Phi) is 8.75. The van der Waals surface area contributed by atoms with Gasteiger partial charge in [-0.1, -0.05) is 57.8 Å². The highest BCUT2D eigenvalue weighted by Gasteiger charge is 2.29. The molecule has 4 nitrogen and oxygen atoms in total. The molecule has 3 unspecified atom stereocenters. The fourth-order valence-electron chi connectivity index (χ4n) is 3.18. The third kappa shape index (κ3) is 9.09. The number of epoxide rings is 2. The molecule has 2 N–H and O–H groups in total. The lowest BCUT2D eigenvalue weighted by Gasteiger charge is -2.17. The van der Waals surface area contributed by atoms with Crippen LogP contribution in [0, 0.1) is 5.92 Å². The van der Waals surface area contributed by atoms with Gasteiger partial charge in [-0.05, 0) is 19.3 Å². The van der Waals surface area contributed by atoms with E-state index in [1.165, 1.54) is 57.8 Å². The molecule has 22 heavy (non-hydrogen) atoms. The van der Waals surface area contributed by atoms with Crippen molar-refractivity contribution in [1.29, 1.82) is 0 Å². The van der Waals surface area contributed by atoms with E-state index < -0.39 is 6.29 Å². The molecule has 0 spiro atoms. The van der Waals surface area contributed by atoms with E-state index in [-0.39, 0.29) is 5.92 Å². The Morgan fingerprint density at radius 1 is 0.727 bits per heavy atom. The molecule has 3 atom stereocenters. The maximum atomic E-state index is 9.36. The van der Waals surface area contributed by atoms with Gasteiger partial charge in [0.1, 0.15) is 0 Å². The highest BCUT2D eigenvalue weighted by molar-refractivity contribution is 4.75. The first-order valence-electron chi connectivity index (χ1n) is 9.35. The first kappa shape index (κ1) is 18.2. The third-order valence-corrected chi connectivity index (χ3v) is 4.89. The van der Waals surface area contributed by atoms with Crippen LogP contribution in [-0.4, -0.2) is 41.9 Å². The topological polar surface area (TPSA) is 65.5 Å². The average molecular weight is 314 g/mol. The maximum absolute atomic E-state index is 9.36. The summed E-state index contributed by atoms with van der Waals surface area (Å²) in [5, 5.41) is 18.7. The Bertz CT molecular complexity index is 274. The van der Waals surface area contributed by atoms with Crippen molar-refractivity contribution in [2.24, 2.45) is 5.92 Å². The van der Waals surface area contributed by atoms with Gasteiger partial charge in [0.2, 0.25) is 0 Å². The summed E-state index contributed by atoms with van der Waals surface area (Å²) in [6.07, 6.45) is 14.4. The second kappa shape index (κ2) is 10.6. The van der Waals surface area contributed by atoms with Crippen molar-refractivity contribution < 1.29 is 19.7 Å². The predicted molar refractivity (Wildman–Crippen MR) is 86.6 cm³/mol. The van der Waals surface area contributed by atoms with Gasteiger partial charge in [0.05, 0.1) is 25.4 Å². The molecule has 0 aromatic heterocycles. The van der Waals surface area contributed by atoms with Gasteiger partial charge in [-0.3, -0.25) is 0 Å². The lowest BCUT2D eigenvalue weighted by Crippen LogP contribution is -2.21. The van der Waals surface area contributed by atoms with Gasteiger partial charge in [-0.25, -0.2) is 0 Å². The van der Waals surface area contributed by atoms with Crippen LogP contribution in [0.1, 0.15) is 77.0 Å². The second-order valence-electron chi connectivity index (χ2n) is 7.08. The maximum Gasteiger partial charge on any atom is 0.154 e. The minimum Gasteiger partial charge on any atom is -0.373 e. The summed E-state index contributed by atoms with van der Waals surface area (Å²) >= 11 is 0. The van der Waals surface area contributed by atoms with Gasteiger partial charge in [0.15, 0.2) is 6.29 Å². The van der Waals surface area contributed by atoms with Crippen molar-refractivity contribution >= 4 is 0 Å². The van der Waals surface area contributed by atoms with Crippen molar-refractivity contribution in [2.45, 2.75) is 95.5 Å². The van der Waals surface area contributed by atoms with Crippen LogP contribution in [0.5, 0.6) is 0 Å². The normalized spacial score (nSPS) is 24.7. The van der Waals surface area contributed by atoms with Crippen molar-refractivity contribution in [3.63, 3.8) is 0 Å². The number of hydrogen-bond donors (Lipinski definition) is 2. The molecule has 0 aromatic rings. The third-order valence-electron chi connectivity index (χ3n) is 4.89. The number of ether oxygens (including phenoxy) is 2. The minimum atomic E-state index is -1.18. The molecular weight excluding hydrogens is 280 g/mol. The zero-order valence-corrected chi connectivity index (χ0v) is 13.9. The van der Waals surface area contributed by atoms with E-state index in [2.05, 4.69) is 0 Å². The summed E-state index contributed by atoms with van der Waals surface area (Å²) < 4.78 is 10.4. The molecule has 130 valence electrons. The Morgan fingerprint density at radius 3 is 1.73 bits per heavy atom. The Hall–Kier alpha value is -0.160. The molecule has 0 aliphatic carbocycles. The van der Waals surface area contributed by atoms with Crippen molar-refractivity contribution in [3.05, 3.63) is 0 Å². The SMILES string of the molecule is OC(O)C(CCCCCCCCCCCC1CO1)CC1CO1. The summed E-state index contributed by atoms with van der Waals surface area (Å²) in [7, 11) is 0. The fourth-order valence-corrected chi connectivity index (χ4v) is 3.18. The van der Waals surface area contributed by atoms with E-state index in [4.69, 9.17) is 9.47 Å². The van der Waals surface area contributed by atoms with Crippen molar-refractivity contribution in [1.82, 2.24) is 0 Å². The number of rotatable bonds is 15. The lowest BCUT2D eigenvalue weighted by atomic mass is 9.95. The lowest BCUT2D eigenvalue weighted by molar-refractivity contribution is -0.0899. The summed E-state index contributed by atoms with van der Waals surface area (Å²) in [5.41, 5.74) is 0. The molecule has 0 bridgehead atoms. The molecule has 2 heterocycles. The van der Waals surface area contributed by atoms with Crippen LogP contribution in [0.4, 0.5) is 0 Å². The van der Waals surface area contributed by atoms with E-state index in [1.807, 2.05) is 0 Å². The fraction of sp³-hybridized carbons (Fsp3) is 1.00. The molecule has 0 aromatic carbocycles. The molecule has 2 fully saturated rings. The number of aliphatic hydroxyl groups excluding tert-OH is 1. The predicted octanol–water partition coefficient (Wildman–Crippen LogP) is 3.39. The van der Waals surface area contributed by atoms with Crippen LogP contribution >= 0.6 is 0 Å². The van der Waals surface area contributed by atoms with E-state index in [0.717, 1.165) is 32.5 Å². The molecule has 2 saturated heterocycles. The van der Waals surface area contributed by atoms with Gasteiger partial charge >= 0.3 is 0 Å². The molecule has 0 amide bonds. The zero-order chi connectivity index (χ0) is 15.6. The van der Waals surface area contributed by atoms with Crippen LogP contribution in [0.3, 0.4) is 0 Å². The minimum absolute atomic E-state index is 0.00273. The molecule has 2 aliphatic heterocycles. The molecule has 0 radical (unpaired) electrons. The van der Waals surface area contributed by atoms with Gasteiger partial charge in [-0.2, -0.15) is 0 Å². The molecular formula is C18H34O4. The van der Waals surface area contributed by atoms with Crippen LogP contribution in [0.15, 0.2) is 0 Å². The molecule has 2 rings (SSSR count). The van der Waals surface area contributed by atoms with Gasteiger partial charge < -0.3 is 19.7 Å². The van der Waals surface area contributed by atoms with Crippen LogP contribution < -0.4 is 0 Å². The van der Waals surface area contributed by atoms with E-state index >= 15 is 0 Å². The summed E-state index contributed by atoms with van der Waals surface area (Å²) in [6, 6.07) is 0. The van der Waals surface area contributed by atoms with Crippen molar-refractivity contribution in [3.8, 4) is 0 Å². The Balaban J connectivity index is 1.31. The highest BCUT2D eigenvalue weighted by atomic mass is 16.6. The molecule has 2 aliphatic rings. The van der Waals surface area contributed by atoms with E-state index in [9.17, 15) is 10.2 Å². The summed E-state index contributed by atoms with van der Waals surface area (Å²) in [6.45, 7) is 1.80. The average Bonchev–Trinajstić information content (AvgIpc) is 3.37. The van der Waals surface area contributed by atoms with Crippen LogP contribution in [0.25, 0.3) is 0 Å². The van der Waals surface area contributed by atoms with Crippen molar-refractivity contribution in [2.75, 3.05) is 13.2 Å². The molecule has 0 saturated carbocycles. The van der Waals surface area contributed by atoms with Gasteiger partial charge in [0.25, 0.3) is 0 Å².